The predicted molar refractivity (Wildman–Crippen MR) is 37.0 cm³/mol. The maximum atomic E-state index is 10.9. The van der Waals surface area contributed by atoms with Crippen molar-refractivity contribution in [3.8, 4) is 0 Å². The standard InChI is InChI=1S/C7H7ClO3/c1-6-2-3-7(6,4(8)9)11-5(6)10/h2-3H2,1H3/t6?,7-/m1/s1. The molecule has 1 heterocycles. The van der Waals surface area contributed by atoms with Gasteiger partial charge in [0.1, 0.15) is 5.41 Å². The largest absolute Gasteiger partial charge is 0.448 e. The van der Waals surface area contributed by atoms with Crippen LogP contribution < -0.4 is 0 Å². The third-order valence-corrected chi connectivity index (χ3v) is 3.21. The van der Waals surface area contributed by atoms with E-state index in [9.17, 15) is 9.59 Å². The Morgan fingerprint density at radius 3 is 2.36 bits per heavy atom. The molecule has 1 aliphatic carbocycles. The monoisotopic (exact) mass is 174 g/mol. The van der Waals surface area contributed by atoms with Crippen molar-refractivity contribution in [2.45, 2.75) is 25.4 Å². The fourth-order valence-corrected chi connectivity index (χ4v) is 2.08. The molecular formula is C7H7ClO3. The number of carbonyl (C=O) groups is 2. The van der Waals surface area contributed by atoms with E-state index in [1.807, 2.05) is 0 Å². The number of ether oxygens (including phenoxy) is 1. The van der Waals surface area contributed by atoms with E-state index in [0.717, 1.165) is 0 Å². The molecule has 0 aromatic rings. The van der Waals surface area contributed by atoms with Crippen LogP contribution in [0.4, 0.5) is 0 Å². The van der Waals surface area contributed by atoms with Crippen molar-refractivity contribution in [1.29, 1.82) is 0 Å². The highest BCUT2D eigenvalue weighted by molar-refractivity contribution is 6.66. The zero-order valence-corrected chi connectivity index (χ0v) is 6.77. The molecule has 1 saturated carbocycles. The molecule has 0 spiro atoms. The van der Waals surface area contributed by atoms with E-state index in [4.69, 9.17) is 16.3 Å². The van der Waals surface area contributed by atoms with Crippen LogP contribution in [0.2, 0.25) is 0 Å². The number of hydrogen-bond donors (Lipinski definition) is 0. The molecule has 0 aromatic heterocycles. The molecule has 0 amide bonds. The molecule has 0 N–H and O–H groups in total. The van der Waals surface area contributed by atoms with Gasteiger partial charge < -0.3 is 4.74 Å². The average Bonchev–Trinajstić information content (AvgIpc) is 1.95. The Labute approximate surface area is 68.7 Å². The molecule has 4 heteroatoms. The van der Waals surface area contributed by atoms with Crippen LogP contribution in [-0.2, 0) is 14.3 Å². The lowest BCUT2D eigenvalue weighted by atomic mass is 9.54. The summed E-state index contributed by atoms with van der Waals surface area (Å²) in [6.45, 7) is 1.72. The summed E-state index contributed by atoms with van der Waals surface area (Å²) in [7, 11) is 0. The molecule has 1 unspecified atom stereocenters. The van der Waals surface area contributed by atoms with Gasteiger partial charge in [0.25, 0.3) is 5.24 Å². The van der Waals surface area contributed by atoms with Gasteiger partial charge in [0.05, 0.1) is 0 Å². The molecule has 11 heavy (non-hydrogen) atoms. The lowest BCUT2D eigenvalue weighted by Gasteiger charge is -2.60. The summed E-state index contributed by atoms with van der Waals surface area (Å²) in [5.41, 5.74) is -1.56. The Kier molecular flexibility index (Phi) is 1.04. The molecule has 2 atom stereocenters. The number of carbonyl (C=O) groups excluding carboxylic acids is 2. The van der Waals surface area contributed by atoms with Crippen molar-refractivity contribution in [2.24, 2.45) is 5.41 Å². The van der Waals surface area contributed by atoms with Gasteiger partial charge >= 0.3 is 5.97 Å². The molecular weight excluding hydrogens is 168 g/mol. The van der Waals surface area contributed by atoms with E-state index >= 15 is 0 Å². The number of rotatable bonds is 1. The molecule has 2 aliphatic rings. The molecule has 1 aliphatic heterocycles. The van der Waals surface area contributed by atoms with Crippen LogP contribution in [0.15, 0.2) is 0 Å². The van der Waals surface area contributed by atoms with Crippen molar-refractivity contribution in [3.05, 3.63) is 0 Å². The SMILES string of the molecule is CC12CC[C@]1(C(=O)Cl)OC2=O. The first-order chi connectivity index (χ1) is 5.03. The molecule has 0 bridgehead atoms. The lowest BCUT2D eigenvalue weighted by molar-refractivity contribution is -0.265. The Hall–Kier alpha value is -0.570. The summed E-state index contributed by atoms with van der Waals surface area (Å²) in [4.78, 5) is 21.7. The van der Waals surface area contributed by atoms with Crippen molar-refractivity contribution < 1.29 is 14.3 Å². The zero-order valence-electron chi connectivity index (χ0n) is 6.02. The van der Waals surface area contributed by atoms with Crippen molar-refractivity contribution >= 4 is 22.8 Å². The second kappa shape index (κ2) is 1.61. The van der Waals surface area contributed by atoms with E-state index in [2.05, 4.69) is 0 Å². The molecule has 60 valence electrons. The van der Waals surface area contributed by atoms with Gasteiger partial charge in [0.15, 0.2) is 0 Å². The topological polar surface area (TPSA) is 43.4 Å². The van der Waals surface area contributed by atoms with Crippen LogP contribution in [-0.4, -0.2) is 16.8 Å². The summed E-state index contributed by atoms with van der Waals surface area (Å²) in [5, 5.41) is -0.536. The van der Waals surface area contributed by atoms with Crippen molar-refractivity contribution in [3.63, 3.8) is 0 Å². The molecule has 0 aromatic carbocycles. The van der Waals surface area contributed by atoms with Crippen LogP contribution in [0.5, 0.6) is 0 Å². The van der Waals surface area contributed by atoms with Gasteiger partial charge in [-0.1, -0.05) is 0 Å². The van der Waals surface area contributed by atoms with Gasteiger partial charge in [-0.05, 0) is 31.4 Å². The van der Waals surface area contributed by atoms with Crippen molar-refractivity contribution in [2.75, 3.05) is 0 Å². The van der Waals surface area contributed by atoms with E-state index in [1.54, 1.807) is 6.92 Å². The zero-order chi connectivity index (χ0) is 8.28. The van der Waals surface area contributed by atoms with E-state index in [-0.39, 0.29) is 5.97 Å². The Morgan fingerprint density at radius 2 is 2.27 bits per heavy atom. The molecule has 0 radical (unpaired) electrons. The minimum absolute atomic E-state index is 0.294. The Balaban J connectivity index is 2.34. The average molecular weight is 175 g/mol. The Bertz CT molecular complexity index is 262. The normalized spacial score (nSPS) is 46.5. The molecule has 1 saturated heterocycles. The smallest absolute Gasteiger partial charge is 0.317 e. The second-order valence-electron chi connectivity index (χ2n) is 3.32. The highest BCUT2D eigenvalue weighted by Gasteiger charge is 2.76. The van der Waals surface area contributed by atoms with Gasteiger partial charge in [-0.3, -0.25) is 9.59 Å². The van der Waals surface area contributed by atoms with Crippen LogP contribution >= 0.6 is 11.6 Å². The number of halogens is 1. The lowest BCUT2D eigenvalue weighted by Crippen LogP contribution is -2.74. The second-order valence-corrected chi connectivity index (χ2v) is 3.67. The quantitative estimate of drug-likeness (QED) is 0.437. The van der Waals surface area contributed by atoms with Crippen molar-refractivity contribution in [1.82, 2.24) is 0 Å². The van der Waals surface area contributed by atoms with Crippen LogP contribution in [0.25, 0.3) is 0 Å². The fourth-order valence-electron chi connectivity index (χ4n) is 1.74. The van der Waals surface area contributed by atoms with Crippen LogP contribution in [0.1, 0.15) is 19.8 Å². The minimum atomic E-state index is -0.953. The van der Waals surface area contributed by atoms with Gasteiger partial charge in [-0.15, -0.1) is 0 Å². The van der Waals surface area contributed by atoms with E-state index < -0.39 is 16.3 Å². The summed E-state index contributed by atoms with van der Waals surface area (Å²) >= 11 is 5.31. The number of esters is 1. The molecule has 3 nitrogen and oxygen atoms in total. The van der Waals surface area contributed by atoms with E-state index in [1.165, 1.54) is 0 Å². The predicted octanol–water partition coefficient (Wildman–Crippen LogP) is 0.847. The maximum Gasteiger partial charge on any atom is 0.317 e. The van der Waals surface area contributed by atoms with E-state index in [0.29, 0.717) is 12.8 Å². The number of hydrogen-bond acceptors (Lipinski definition) is 3. The van der Waals surface area contributed by atoms with Crippen LogP contribution in [0.3, 0.4) is 0 Å². The third-order valence-electron chi connectivity index (χ3n) is 2.90. The minimum Gasteiger partial charge on any atom is -0.448 e. The first kappa shape index (κ1) is 7.10. The summed E-state index contributed by atoms with van der Waals surface area (Å²) in [5.74, 6) is -0.294. The highest BCUT2D eigenvalue weighted by Crippen LogP contribution is 2.61. The van der Waals surface area contributed by atoms with Gasteiger partial charge in [0, 0.05) is 0 Å². The molecule has 2 rings (SSSR count). The van der Waals surface area contributed by atoms with Gasteiger partial charge in [-0.25, -0.2) is 0 Å². The first-order valence-electron chi connectivity index (χ1n) is 3.46. The van der Waals surface area contributed by atoms with Crippen LogP contribution in [0, 0.1) is 5.41 Å². The van der Waals surface area contributed by atoms with Gasteiger partial charge in [-0.2, -0.15) is 0 Å². The number of fused-ring (bicyclic) bond motifs is 1. The first-order valence-corrected chi connectivity index (χ1v) is 3.84. The van der Waals surface area contributed by atoms with Gasteiger partial charge in [0.2, 0.25) is 5.60 Å². The molecule has 2 fully saturated rings. The summed E-state index contributed by atoms with van der Waals surface area (Å²) in [6, 6.07) is 0. The fraction of sp³-hybridized carbons (Fsp3) is 0.714. The maximum absolute atomic E-state index is 10.9. The third kappa shape index (κ3) is 0.495. The summed E-state index contributed by atoms with van der Waals surface area (Å²) in [6.07, 6.45) is 1.29. The summed E-state index contributed by atoms with van der Waals surface area (Å²) < 4.78 is 4.77. The Morgan fingerprint density at radius 1 is 1.64 bits per heavy atom. The highest BCUT2D eigenvalue weighted by atomic mass is 35.5.